The average Bonchev–Trinajstić information content (AvgIpc) is 2.71. The van der Waals surface area contributed by atoms with Gasteiger partial charge in [0.15, 0.2) is 5.96 Å². The van der Waals surface area contributed by atoms with E-state index in [9.17, 15) is 5.11 Å². The molecule has 0 bridgehead atoms. The summed E-state index contributed by atoms with van der Waals surface area (Å²) < 4.78 is 5.58. The van der Waals surface area contributed by atoms with Crippen LogP contribution in [0.4, 0.5) is 0 Å². The highest BCUT2D eigenvalue weighted by Crippen LogP contribution is 2.16. The number of aliphatic imine (C=N–C) groups is 1. The van der Waals surface area contributed by atoms with Gasteiger partial charge in [-0.1, -0.05) is 36.8 Å². The zero-order chi connectivity index (χ0) is 20.0. The molecule has 2 rings (SSSR count). The van der Waals surface area contributed by atoms with Crippen molar-refractivity contribution in [2.45, 2.75) is 58.3 Å². The predicted molar refractivity (Wildman–Crippen MR) is 116 cm³/mol. The average molecular weight is 391 g/mol. The van der Waals surface area contributed by atoms with Gasteiger partial charge in [-0.25, -0.2) is 0 Å². The van der Waals surface area contributed by atoms with Crippen molar-refractivity contribution in [3.05, 3.63) is 35.9 Å². The van der Waals surface area contributed by atoms with Gasteiger partial charge in [-0.2, -0.15) is 0 Å². The van der Waals surface area contributed by atoms with Crippen LogP contribution in [0.2, 0.25) is 0 Å². The molecule has 6 heteroatoms. The number of piperidine rings is 1. The van der Waals surface area contributed by atoms with Crippen LogP contribution in [0.5, 0.6) is 0 Å². The van der Waals surface area contributed by atoms with Crippen LogP contribution in [0.25, 0.3) is 0 Å². The number of likely N-dealkylation sites (tertiary alicyclic amines) is 1. The quantitative estimate of drug-likeness (QED) is 0.307. The van der Waals surface area contributed by atoms with Crippen molar-refractivity contribution in [1.82, 2.24) is 15.5 Å². The molecule has 3 N–H and O–H groups in total. The molecule has 1 aromatic rings. The minimum atomic E-state index is -0.603. The van der Waals surface area contributed by atoms with Gasteiger partial charge in [-0.15, -0.1) is 0 Å². The summed E-state index contributed by atoms with van der Waals surface area (Å²) >= 11 is 0. The summed E-state index contributed by atoms with van der Waals surface area (Å²) in [6.07, 6.45) is 4.50. The lowest BCUT2D eigenvalue weighted by atomic mass is 10.0. The first-order valence-corrected chi connectivity index (χ1v) is 10.7. The number of rotatable bonds is 11. The minimum absolute atomic E-state index is 0.282. The number of hydrogen-bond donors (Lipinski definition) is 3. The Hall–Kier alpha value is -1.63. The summed E-state index contributed by atoms with van der Waals surface area (Å²) in [5.74, 6) is 0.760. The summed E-state index contributed by atoms with van der Waals surface area (Å²) in [6.45, 7) is 9.54. The van der Waals surface area contributed by atoms with Gasteiger partial charge in [0.05, 0.1) is 25.9 Å². The molecule has 0 aromatic heterocycles. The second-order valence-electron chi connectivity index (χ2n) is 7.54. The van der Waals surface area contributed by atoms with Crippen LogP contribution in [0.15, 0.2) is 35.3 Å². The molecule has 0 saturated carbocycles. The summed E-state index contributed by atoms with van der Waals surface area (Å²) in [6, 6.07) is 10.7. The Labute approximate surface area is 170 Å². The maximum atomic E-state index is 10.1. The fourth-order valence-corrected chi connectivity index (χ4v) is 3.46. The Morgan fingerprint density at radius 1 is 1.29 bits per heavy atom. The zero-order valence-electron chi connectivity index (χ0n) is 17.6. The molecule has 1 aliphatic heterocycles. The molecular weight excluding hydrogens is 352 g/mol. The maximum Gasteiger partial charge on any atom is 0.191 e. The lowest BCUT2D eigenvalue weighted by Gasteiger charge is -2.33. The molecule has 2 unspecified atom stereocenters. The Balaban J connectivity index is 1.63. The van der Waals surface area contributed by atoms with E-state index >= 15 is 0 Å². The summed E-state index contributed by atoms with van der Waals surface area (Å²) in [5.41, 5.74) is 1.11. The number of nitrogens with one attached hydrogen (secondary N) is 2. The van der Waals surface area contributed by atoms with Crippen LogP contribution < -0.4 is 10.6 Å². The van der Waals surface area contributed by atoms with E-state index < -0.39 is 6.10 Å². The molecule has 0 radical (unpaired) electrons. The fourth-order valence-electron chi connectivity index (χ4n) is 3.46. The summed E-state index contributed by atoms with van der Waals surface area (Å²) in [5, 5.41) is 16.7. The van der Waals surface area contributed by atoms with Gasteiger partial charge in [-0.3, -0.25) is 4.99 Å². The van der Waals surface area contributed by atoms with Crippen LogP contribution in [0.1, 0.15) is 45.1 Å². The summed E-state index contributed by atoms with van der Waals surface area (Å²) in [7, 11) is 0. The SMILES string of the molecule is CCNC(=NCC(O)COCc1ccccc1)NCCCN1CCCCC1C. The lowest BCUT2D eigenvalue weighted by molar-refractivity contribution is 0.0331. The van der Waals surface area contributed by atoms with E-state index in [0.29, 0.717) is 19.2 Å². The zero-order valence-corrected chi connectivity index (χ0v) is 17.6. The standard InChI is InChI=1S/C22H38N4O2/c1-3-23-22(24-13-9-15-26-14-8-7-10-19(26)2)25-16-21(27)18-28-17-20-11-5-4-6-12-20/h4-6,11-12,19,21,27H,3,7-10,13-18H2,1-2H3,(H2,23,24,25). The number of aliphatic hydroxyl groups excluding tert-OH is 1. The van der Waals surface area contributed by atoms with E-state index in [1.807, 2.05) is 37.3 Å². The van der Waals surface area contributed by atoms with Crippen molar-refractivity contribution in [3.63, 3.8) is 0 Å². The molecule has 1 saturated heterocycles. The lowest BCUT2D eigenvalue weighted by Crippen LogP contribution is -2.41. The minimum Gasteiger partial charge on any atom is -0.389 e. The third-order valence-corrected chi connectivity index (χ3v) is 5.08. The van der Waals surface area contributed by atoms with E-state index in [1.54, 1.807) is 0 Å². The topological polar surface area (TPSA) is 69.1 Å². The molecule has 1 aliphatic rings. The molecule has 158 valence electrons. The Morgan fingerprint density at radius 3 is 2.86 bits per heavy atom. The van der Waals surface area contributed by atoms with Crippen LogP contribution >= 0.6 is 0 Å². The molecule has 1 aromatic carbocycles. The third-order valence-electron chi connectivity index (χ3n) is 5.08. The van der Waals surface area contributed by atoms with Crippen molar-refractivity contribution in [3.8, 4) is 0 Å². The fraction of sp³-hybridized carbons (Fsp3) is 0.682. The van der Waals surface area contributed by atoms with Crippen LogP contribution in [0, 0.1) is 0 Å². The van der Waals surface area contributed by atoms with Gasteiger partial charge in [0.2, 0.25) is 0 Å². The van der Waals surface area contributed by atoms with Gasteiger partial charge < -0.3 is 25.4 Å². The van der Waals surface area contributed by atoms with Crippen LogP contribution in [-0.2, 0) is 11.3 Å². The third kappa shape index (κ3) is 9.04. The molecule has 2 atom stereocenters. The first-order valence-electron chi connectivity index (χ1n) is 10.7. The predicted octanol–water partition coefficient (Wildman–Crippen LogP) is 2.38. The first kappa shape index (κ1) is 22.7. The van der Waals surface area contributed by atoms with Crippen molar-refractivity contribution in [2.75, 3.05) is 39.3 Å². The molecule has 28 heavy (non-hydrogen) atoms. The number of hydrogen-bond acceptors (Lipinski definition) is 4. The first-order chi connectivity index (χ1) is 13.7. The van der Waals surface area contributed by atoms with Crippen LogP contribution in [-0.4, -0.2) is 67.4 Å². The number of aliphatic hydroxyl groups is 1. The van der Waals surface area contributed by atoms with Crippen molar-refractivity contribution < 1.29 is 9.84 Å². The summed E-state index contributed by atoms with van der Waals surface area (Å²) in [4.78, 5) is 7.08. The number of ether oxygens (including phenoxy) is 1. The molecular formula is C22H38N4O2. The monoisotopic (exact) mass is 390 g/mol. The van der Waals surface area contributed by atoms with Crippen molar-refractivity contribution in [1.29, 1.82) is 0 Å². The number of nitrogens with zero attached hydrogens (tertiary/aromatic N) is 2. The second-order valence-corrected chi connectivity index (χ2v) is 7.54. The van der Waals surface area contributed by atoms with Gasteiger partial charge in [0.25, 0.3) is 0 Å². The second kappa shape index (κ2) is 13.5. The Bertz CT molecular complexity index is 553. The normalized spacial score (nSPS) is 19.4. The van der Waals surface area contributed by atoms with Gasteiger partial charge in [0, 0.05) is 25.7 Å². The van der Waals surface area contributed by atoms with Gasteiger partial charge in [-0.05, 0) is 45.2 Å². The van der Waals surface area contributed by atoms with Gasteiger partial charge in [0.1, 0.15) is 0 Å². The number of benzene rings is 1. The van der Waals surface area contributed by atoms with Gasteiger partial charge >= 0.3 is 0 Å². The maximum absolute atomic E-state index is 10.1. The van der Waals surface area contributed by atoms with E-state index in [1.165, 1.54) is 25.8 Å². The van der Waals surface area contributed by atoms with E-state index in [-0.39, 0.29) is 6.61 Å². The number of guanidine groups is 1. The molecule has 1 fully saturated rings. The highest BCUT2D eigenvalue weighted by atomic mass is 16.5. The molecule has 0 spiro atoms. The molecule has 1 heterocycles. The van der Waals surface area contributed by atoms with E-state index in [2.05, 4.69) is 27.4 Å². The molecule has 0 aliphatic carbocycles. The van der Waals surface area contributed by atoms with E-state index in [0.717, 1.165) is 37.6 Å². The van der Waals surface area contributed by atoms with E-state index in [4.69, 9.17) is 4.74 Å². The van der Waals surface area contributed by atoms with Crippen molar-refractivity contribution >= 4 is 5.96 Å². The smallest absolute Gasteiger partial charge is 0.191 e. The largest absolute Gasteiger partial charge is 0.389 e. The molecule has 6 nitrogen and oxygen atoms in total. The van der Waals surface area contributed by atoms with Crippen LogP contribution in [0.3, 0.4) is 0 Å². The Morgan fingerprint density at radius 2 is 2.11 bits per heavy atom. The highest BCUT2D eigenvalue weighted by Gasteiger charge is 2.17. The molecule has 0 amide bonds. The highest BCUT2D eigenvalue weighted by molar-refractivity contribution is 5.79. The Kier molecular flexibility index (Phi) is 10.9. The van der Waals surface area contributed by atoms with Crippen molar-refractivity contribution in [2.24, 2.45) is 4.99 Å².